The minimum absolute atomic E-state index is 0.325. The summed E-state index contributed by atoms with van der Waals surface area (Å²) in [6.07, 6.45) is 10.1. The minimum atomic E-state index is 0.325. The molecule has 2 heterocycles. The highest BCUT2D eigenvalue weighted by molar-refractivity contribution is 8.00. The maximum Gasteiger partial charge on any atom is 0.0455 e. The van der Waals surface area contributed by atoms with Crippen LogP contribution in [0.3, 0.4) is 0 Å². The molecule has 2 saturated heterocycles. The summed E-state index contributed by atoms with van der Waals surface area (Å²) in [4.78, 5) is 2.79. The van der Waals surface area contributed by atoms with Crippen molar-refractivity contribution in [3.05, 3.63) is 0 Å². The maximum atomic E-state index is 6.20. The smallest absolute Gasteiger partial charge is 0.0455 e. The van der Waals surface area contributed by atoms with Crippen molar-refractivity contribution in [2.45, 2.75) is 62.7 Å². The van der Waals surface area contributed by atoms with Gasteiger partial charge in [0.25, 0.3) is 0 Å². The van der Waals surface area contributed by atoms with E-state index >= 15 is 0 Å². The fourth-order valence-corrected chi connectivity index (χ4v) is 6.11. The Bertz CT molecular complexity index is 301. The molecule has 1 saturated carbocycles. The van der Waals surface area contributed by atoms with Gasteiger partial charge in [-0.1, -0.05) is 26.2 Å². The van der Waals surface area contributed by atoms with Crippen molar-refractivity contribution in [2.24, 2.45) is 11.1 Å². The van der Waals surface area contributed by atoms with E-state index < -0.39 is 0 Å². The zero-order valence-electron chi connectivity index (χ0n) is 11.8. The Kier molecular flexibility index (Phi) is 3.68. The first-order chi connectivity index (χ1) is 8.71. The summed E-state index contributed by atoms with van der Waals surface area (Å²) in [7, 11) is 0. The van der Waals surface area contributed by atoms with Gasteiger partial charge in [-0.15, -0.1) is 0 Å². The molecule has 0 amide bonds. The quantitative estimate of drug-likeness (QED) is 0.835. The van der Waals surface area contributed by atoms with Gasteiger partial charge in [0.1, 0.15) is 0 Å². The molecule has 1 spiro atoms. The van der Waals surface area contributed by atoms with Gasteiger partial charge in [0, 0.05) is 23.9 Å². The zero-order chi connectivity index (χ0) is 12.6. The molecule has 2 unspecified atom stereocenters. The van der Waals surface area contributed by atoms with Gasteiger partial charge in [-0.2, -0.15) is 11.8 Å². The third-order valence-corrected chi connectivity index (χ3v) is 7.37. The van der Waals surface area contributed by atoms with Crippen molar-refractivity contribution in [1.82, 2.24) is 4.90 Å². The Labute approximate surface area is 116 Å². The lowest BCUT2D eigenvalue weighted by Gasteiger charge is -2.43. The highest BCUT2D eigenvalue weighted by Crippen LogP contribution is 2.49. The molecule has 2 atom stereocenters. The van der Waals surface area contributed by atoms with Crippen LogP contribution in [0.15, 0.2) is 0 Å². The van der Waals surface area contributed by atoms with Crippen LogP contribution in [0.2, 0.25) is 0 Å². The maximum absolute atomic E-state index is 6.20. The van der Waals surface area contributed by atoms with Crippen molar-refractivity contribution >= 4 is 11.8 Å². The Morgan fingerprint density at radius 2 is 1.94 bits per heavy atom. The van der Waals surface area contributed by atoms with E-state index in [1.807, 2.05) is 0 Å². The summed E-state index contributed by atoms with van der Waals surface area (Å²) in [6, 6.07) is 0. The standard InChI is InChI=1S/C15H28N2S/c1-13-15(11-16,8-10-18-13)17-9-7-14(12-17)5-3-2-4-6-14/h13H,2-12,16H2,1H3. The number of nitrogens with zero attached hydrogens (tertiary/aromatic N) is 1. The van der Waals surface area contributed by atoms with Gasteiger partial charge >= 0.3 is 0 Å². The van der Waals surface area contributed by atoms with Crippen LogP contribution in [0.4, 0.5) is 0 Å². The van der Waals surface area contributed by atoms with Crippen molar-refractivity contribution < 1.29 is 0 Å². The van der Waals surface area contributed by atoms with Gasteiger partial charge < -0.3 is 5.73 Å². The summed E-state index contributed by atoms with van der Waals surface area (Å²) in [5.41, 5.74) is 7.20. The number of nitrogens with two attached hydrogens (primary N) is 1. The van der Waals surface area contributed by atoms with Gasteiger partial charge in [0.15, 0.2) is 0 Å². The van der Waals surface area contributed by atoms with Crippen molar-refractivity contribution in [3.8, 4) is 0 Å². The Morgan fingerprint density at radius 3 is 2.56 bits per heavy atom. The highest BCUT2D eigenvalue weighted by Gasteiger charge is 2.50. The zero-order valence-corrected chi connectivity index (χ0v) is 12.6. The van der Waals surface area contributed by atoms with E-state index in [0.717, 1.165) is 11.8 Å². The van der Waals surface area contributed by atoms with E-state index in [1.54, 1.807) is 0 Å². The second-order valence-electron chi connectivity index (χ2n) is 6.80. The van der Waals surface area contributed by atoms with Crippen molar-refractivity contribution in [3.63, 3.8) is 0 Å². The van der Waals surface area contributed by atoms with Crippen LogP contribution in [0.25, 0.3) is 0 Å². The molecular formula is C15H28N2S. The molecule has 2 aliphatic heterocycles. The first kappa shape index (κ1) is 13.3. The van der Waals surface area contributed by atoms with Crippen molar-refractivity contribution in [1.29, 1.82) is 0 Å². The molecule has 0 radical (unpaired) electrons. The van der Waals surface area contributed by atoms with Gasteiger partial charge in [0.05, 0.1) is 0 Å². The van der Waals surface area contributed by atoms with Gasteiger partial charge in [-0.25, -0.2) is 0 Å². The molecule has 3 heteroatoms. The summed E-state index contributed by atoms with van der Waals surface area (Å²) in [5, 5.41) is 0.723. The van der Waals surface area contributed by atoms with Gasteiger partial charge in [-0.05, 0) is 43.4 Å². The predicted octanol–water partition coefficient (Wildman–Crippen LogP) is 2.87. The Hall–Kier alpha value is 0.270. The van der Waals surface area contributed by atoms with E-state index in [-0.39, 0.29) is 0 Å². The molecule has 0 aromatic heterocycles. The second kappa shape index (κ2) is 4.99. The van der Waals surface area contributed by atoms with Gasteiger partial charge in [0.2, 0.25) is 0 Å². The largest absolute Gasteiger partial charge is 0.329 e. The molecule has 3 rings (SSSR count). The summed E-state index contributed by atoms with van der Waals surface area (Å²) in [5.74, 6) is 1.31. The Morgan fingerprint density at radius 1 is 1.17 bits per heavy atom. The van der Waals surface area contributed by atoms with Crippen LogP contribution in [0.1, 0.15) is 51.9 Å². The summed E-state index contributed by atoms with van der Waals surface area (Å²) in [6.45, 7) is 5.91. The molecule has 0 aromatic carbocycles. The highest BCUT2D eigenvalue weighted by atomic mass is 32.2. The fraction of sp³-hybridized carbons (Fsp3) is 1.00. The molecule has 2 nitrogen and oxygen atoms in total. The molecule has 0 bridgehead atoms. The van der Waals surface area contributed by atoms with Crippen LogP contribution in [-0.4, -0.2) is 41.1 Å². The Balaban J connectivity index is 1.74. The van der Waals surface area contributed by atoms with E-state index in [2.05, 4.69) is 23.6 Å². The number of likely N-dealkylation sites (tertiary alicyclic amines) is 1. The van der Waals surface area contributed by atoms with E-state index in [1.165, 1.54) is 63.8 Å². The van der Waals surface area contributed by atoms with Crippen LogP contribution < -0.4 is 5.73 Å². The lowest BCUT2D eigenvalue weighted by atomic mass is 9.73. The van der Waals surface area contributed by atoms with Gasteiger partial charge in [-0.3, -0.25) is 4.90 Å². The monoisotopic (exact) mass is 268 g/mol. The van der Waals surface area contributed by atoms with Crippen molar-refractivity contribution in [2.75, 3.05) is 25.4 Å². The minimum Gasteiger partial charge on any atom is -0.329 e. The first-order valence-electron chi connectivity index (χ1n) is 7.78. The van der Waals surface area contributed by atoms with Crippen LogP contribution in [0, 0.1) is 5.41 Å². The summed E-state index contributed by atoms with van der Waals surface area (Å²) < 4.78 is 0. The average Bonchev–Trinajstić information content (AvgIpc) is 2.96. The number of hydrogen-bond donors (Lipinski definition) is 1. The second-order valence-corrected chi connectivity index (χ2v) is 8.25. The third-order valence-electron chi connectivity index (χ3n) is 6.00. The molecular weight excluding hydrogens is 240 g/mol. The molecule has 0 aromatic rings. The number of hydrogen-bond acceptors (Lipinski definition) is 3. The van der Waals surface area contributed by atoms with Crippen LogP contribution in [-0.2, 0) is 0 Å². The SMILES string of the molecule is CC1SCCC1(CN)N1CCC2(CCCCC2)C1. The van der Waals surface area contributed by atoms with Crippen LogP contribution >= 0.6 is 11.8 Å². The lowest BCUT2D eigenvalue weighted by Crippen LogP contribution is -2.57. The normalized spacial score (nSPS) is 40.7. The molecule has 18 heavy (non-hydrogen) atoms. The third kappa shape index (κ3) is 2.03. The van der Waals surface area contributed by atoms with E-state index in [9.17, 15) is 0 Å². The number of thioether (sulfide) groups is 1. The molecule has 3 aliphatic rings. The van der Waals surface area contributed by atoms with E-state index in [0.29, 0.717) is 11.0 Å². The van der Waals surface area contributed by atoms with Crippen LogP contribution in [0.5, 0.6) is 0 Å². The topological polar surface area (TPSA) is 29.3 Å². The molecule has 104 valence electrons. The average molecular weight is 268 g/mol. The fourth-order valence-electron chi connectivity index (χ4n) is 4.61. The first-order valence-corrected chi connectivity index (χ1v) is 8.82. The molecule has 1 aliphatic carbocycles. The predicted molar refractivity (Wildman–Crippen MR) is 80.0 cm³/mol. The molecule has 3 fully saturated rings. The van der Waals surface area contributed by atoms with E-state index in [4.69, 9.17) is 5.73 Å². The summed E-state index contributed by atoms with van der Waals surface area (Å²) >= 11 is 2.13. The molecule has 2 N–H and O–H groups in total. The number of rotatable bonds is 2. The lowest BCUT2D eigenvalue weighted by molar-refractivity contribution is 0.0965.